The van der Waals surface area contributed by atoms with E-state index in [0.717, 1.165) is 0 Å². The Balaban J connectivity index is 3.47. The van der Waals surface area contributed by atoms with Crippen LogP contribution in [0.1, 0.15) is 6.42 Å². The maximum atomic E-state index is 10.9. The molecule has 0 saturated heterocycles. The molecule has 0 radical (unpaired) electrons. The van der Waals surface area contributed by atoms with E-state index in [1.165, 1.54) is 0 Å². The summed E-state index contributed by atoms with van der Waals surface area (Å²) >= 11 is 3.89. The maximum absolute atomic E-state index is 10.9. The first-order valence-corrected chi connectivity index (χ1v) is 4.59. The van der Waals surface area contributed by atoms with E-state index in [1.54, 1.807) is 0 Å². The van der Waals surface area contributed by atoms with E-state index in [-0.39, 0.29) is 31.4 Å². The first kappa shape index (κ1) is 12.2. The van der Waals surface area contributed by atoms with Gasteiger partial charge in [-0.3, -0.25) is 9.59 Å². The molecule has 0 rings (SSSR count). The standard InChI is InChI=1S/C7H14N2O3S/c10-3-1-8-6(11)5-7(12)9-2-4-13/h10,13H,1-5H2,(H,8,11)(H,9,12). The van der Waals surface area contributed by atoms with E-state index in [2.05, 4.69) is 23.3 Å². The molecule has 0 fully saturated rings. The van der Waals surface area contributed by atoms with Crippen LogP contribution < -0.4 is 10.6 Å². The molecular weight excluding hydrogens is 192 g/mol. The number of rotatable bonds is 6. The highest BCUT2D eigenvalue weighted by Gasteiger charge is 2.06. The van der Waals surface area contributed by atoms with Gasteiger partial charge in [-0.05, 0) is 0 Å². The molecule has 0 aliphatic carbocycles. The Morgan fingerprint density at radius 1 is 1.15 bits per heavy atom. The van der Waals surface area contributed by atoms with Crippen LogP contribution in [0.3, 0.4) is 0 Å². The van der Waals surface area contributed by atoms with Crippen LogP contribution >= 0.6 is 12.6 Å². The molecule has 5 nitrogen and oxygen atoms in total. The number of amides is 2. The highest BCUT2D eigenvalue weighted by atomic mass is 32.1. The van der Waals surface area contributed by atoms with E-state index in [0.29, 0.717) is 12.3 Å². The van der Waals surface area contributed by atoms with Gasteiger partial charge in [0.15, 0.2) is 0 Å². The Bertz CT molecular complexity index is 157. The van der Waals surface area contributed by atoms with Crippen LogP contribution in [0.15, 0.2) is 0 Å². The molecule has 13 heavy (non-hydrogen) atoms. The van der Waals surface area contributed by atoms with Gasteiger partial charge in [-0.25, -0.2) is 0 Å². The van der Waals surface area contributed by atoms with Crippen LogP contribution in [0.2, 0.25) is 0 Å². The van der Waals surface area contributed by atoms with Gasteiger partial charge in [0.2, 0.25) is 11.8 Å². The van der Waals surface area contributed by atoms with Crippen LogP contribution in [-0.2, 0) is 9.59 Å². The third-order valence-corrected chi connectivity index (χ3v) is 1.41. The lowest BCUT2D eigenvalue weighted by atomic mass is 10.3. The summed E-state index contributed by atoms with van der Waals surface area (Å²) in [7, 11) is 0. The minimum absolute atomic E-state index is 0.121. The number of nitrogens with one attached hydrogen (secondary N) is 2. The van der Waals surface area contributed by atoms with Gasteiger partial charge in [0, 0.05) is 18.8 Å². The molecule has 6 heteroatoms. The second kappa shape index (κ2) is 7.88. The lowest BCUT2D eigenvalue weighted by Gasteiger charge is -2.03. The van der Waals surface area contributed by atoms with E-state index < -0.39 is 0 Å². The zero-order valence-corrected chi connectivity index (χ0v) is 8.14. The van der Waals surface area contributed by atoms with Crippen LogP contribution in [-0.4, -0.2) is 42.4 Å². The topological polar surface area (TPSA) is 78.4 Å². The third-order valence-electron chi connectivity index (χ3n) is 1.19. The van der Waals surface area contributed by atoms with Gasteiger partial charge in [0.25, 0.3) is 0 Å². The van der Waals surface area contributed by atoms with Crippen molar-refractivity contribution in [1.29, 1.82) is 0 Å². The molecule has 0 unspecified atom stereocenters. The number of aliphatic hydroxyl groups excluding tert-OH is 1. The Labute approximate surface area is 82.3 Å². The van der Waals surface area contributed by atoms with E-state index in [9.17, 15) is 9.59 Å². The van der Waals surface area contributed by atoms with Gasteiger partial charge < -0.3 is 15.7 Å². The summed E-state index contributed by atoms with van der Waals surface area (Å²) in [6.45, 7) is 0.512. The molecule has 0 aromatic carbocycles. The number of hydrogen-bond donors (Lipinski definition) is 4. The summed E-state index contributed by atoms with van der Waals surface area (Å²) in [5.74, 6) is -0.167. The van der Waals surface area contributed by atoms with Gasteiger partial charge in [-0.1, -0.05) is 0 Å². The third kappa shape index (κ3) is 7.61. The van der Waals surface area contributed by atoms with Crippen molar-refractivity contribution < 1.29 is 14.7 Å². The van der Waals surface area contributed by atoms with E-state index >= 15 is 0 Å². The monoisotopic (exact) mass is 206 g/mol. The van der Waals surface area contributed by atoms with E-state index in [1.807, 2.05) is 0 Å². The molecule has 0 spiro atoms. The predicted molar refractivity (Wildman–Crippen MR) is 51.6 cm³/mol. The van der Waals surface area contributed by atoms with Crippen molar-refractivity contribution in [1.82, 2.24) is 10.6 Å². The molecule has 0 aromatic heterocycles. The first-order chi connectivity index (χ1) is 6.20. The Hall–Kier alpha value is -0.750. The zero-order valence-electron chi connectivity index (χ0n) is 7.25. The van der Waals surface area contributed by atoms with Crippen molar-refractivity contribution in [3.05, 3.63) is 0 Å². The van der Waals surface area contributed by atoms with Crippen molar-refractivity contribution in [2.75, 3.05) is 25.4 Å². The molecule has 76 valence electrons. The van der Waals surface area contributed by atoms with Crippen molar-refractivity contribution >= 4 is 24.4 Å². The molecule has 0 heterocycles. The quantitative estimate of drug-likeness (QED) is 0.316. The lowest BCUT2D eigenvalue weighted by Crippen LogP contribution is -2.33. The predicted octanol–water partition coefficient (Wildman–Crippen LogP) is -1.47. The molecule has 0 aliphatic rings. The van der Waals surface area contributed by atoms with Crippen LogP contribution in [0.25, 0.3) is 0 Å². The molecule has 0 aromatic rings. The fourth-order valence-corrected chi connectivity index (χ4v) is 0.773. The Morgan fingerprint density at radius 2 is 1.69 bits per heavy atom. The Kier molecular flexibility index (Phi) is 7.42. The summed E-state index contributed by atoms with van der Waals surface area (Å²) in [5.41, 5.74) is 0. The average Bonchev–Trinajstić information content (AvgIpc) is 2.11. The number of carbonyl (C=O) groups excluding carboxylic acids is 2. The second-order valence-electron chi connectivity index (χ2n) is 2.32. The summed E-state index contributed by atoms with van der Waals surface area (Å²) in [4.78, 5) is 21.8. The number of carbonyl (C=O) groups is 2. The molecular formula is C7H14N2O3S. The summed E-state index contributed by atoms with van der Waals surface area (Å²) in [5, 5.41) is 13.2. The SMILES string of the molecule is O=C(CC(=O)NCCS)NCCO. The normalized spacial score (nSPS) is 9.38. The van der Waals surface area contributed by atoms with Crippen LogP contribution in [0, 0.1) is 0 Å². The highest BCUT2D eigenvalue weighted by Crippen LogP contribution is 1.80. The van der Waals surface area contributed by atoms with Gasteiger partial charge in [0.05, 0.1) is 6.61 Å². The minimum atomic E-state index is -0.384. The lowest BCUT2D eigenvalue weighted by molar-refractivity contribution is -0.129. The molecule has 0 bridgehead atoms. The van der Waals surface area contributed by atoms with Crippen molar-refractivity contribution in [2.24, 2.45) is 0 Å². The van der Waals surface area contributed by atoms with Gasteiger partial charge in [0.1, 0.15) is 6.42 Å². The number of thiol groups is 1. The molecule has 2 amide bonds. The minimum Gasteiger partial charge on any atom is -0.395 e. The van der Waals surface area contributed by atoms with Gasteiger partial charge in [-0.15, -0.1) is 0 Å². The van der Waals surface area contributed by atoms with Crippen molar-refractivity contribution in [3.63, 3.8) is 0 Å². The van der Waals surface area contributed by atoms with Gasteiger partial charge in [-0.2, -0.15) is 12.6 Å². The fourth-order valence-electron chi connectivity index (χ4n) is 0.661. The summed E-state index contributed by atoms with van der Waals surface area (Å²) in [6.07, 6.45) is -0.201. The highest BCUT2D eigenvalue weighted by molar-refractivity contribution is 7.80. The Morgan fingerprint density at radius 3 is 2.15 bits per heavy atom. The average molecular weight is 206 g/mol. The molecule has 0 saturated carbocycles. The number of aliphatic hydroxyl groups is 1. The van der Waals surface area contributed by atoms with Crippen molar-refractivity contribution in [3.8, 4) is 0 Å². The summed E-state index contributed by atoms with van der Waals surface area (Å²) in [6, 6.07) is 0. The summed E-state index contributed by atoms with van der Waals surface area (Å²) < 4.78 is 0. The van der Waals surface area contributed by atoms with Gasteiger partial charge >= 0.3 is 0 Å². The fraction of sp³-hybridized carbons (Fsp3) is 0.714. The van der Waals surface area contributed by atoms with Crippen molar-refractivity contribution in [2.45, 2.75) is 6.42 Å². The van der Waals surface area contributed by atoms with Crippen LogP contribution in [0.4, 0.5) is 0 Å². The van der Waals surface area contributed by atoms with Crippen LogP contribution in [0.5, 0.6) is 0 Å². The largest absolute Gasteiger partial charge is 0.395 e. The second-order valence-corrected chi connectivity index (χ2v) is 2.77. The van der Waals surface area contributed by atoms with E-state index in [4.69, 9.17) is 5.11 Å². The smallest absolute Gasteiger partial charge is 0.229 e. The zero-order chi connectivity index (χ0) is 10.1. The molecule has 0 atom stereocenters. The number of hydrogen-bond acceptors (Lipinski definition) is 4. The molecule has 0 aliphatic heterocycles. The molecule has 3 N–H and O–H groups in total. The first-order valence-electron chi connectivity index (χ1n) is 3.95. The maximum Gasteiger partial charge on any atom is 0.229 e.